The molecule has 0 atom stereocenters. The summed E-state index contributed by atoms with van der Waals surface area (Å²) in [6, 6.07) is 18.3. The lowest BCUT2D eigenvalue weighted by Crippen LogP contribution is -3.05. The fourth-order valence-corrected chi connectivity index (χ4v) is 2.83. The Bertz CT molecular complexity index is 644. The van der Waals surface area contributed by atoms with Crippen molar-refractivity contribution in [2.75, 3.05) is 39.6 Å². The summed E-state index contributed by atoms with van der Waals surface area (Å²) in [6.07, 6.45) is 1.10. The highest BCUT2D eigenvalue weighted by Crippen LogP contribution is 2.16. The van der Waals surface area contributed by atoms with Gasteiger partial charge in [0.25, 0.3) is 0 Å². The molecule has 5 heteroatoms. The van der Waals surface area contributed by atoms with Gasteiger partial charge in [0.15, 0.2) is 5.11 Å². The van der Waals surface area contributed by atoms with Crippen molar-refractivity contribution in [3.8, 4) is 5.75 Å². The van der Waals surface area contributed by atoms with Crippen LogP contribution in [0.1, 0.15) is 12.0 Å². The summed E-state index contributed by atoms with van der Waals surface area (Å²) in [5.74, 6) is 0.839. The molecule has 0 aliphatic rings. The molecule has 2 aromatic carbocycles. The quantitative estimate of drug-likeness (QED) is 0.709. The topological polar surface area (TPSA) is 28.9 Å². The van der Waals surface area contributed by atoms with E-state index in [1.807, 2.05) is 30.3 Å². The van der Waals surface area contributed by atoms with E-state index in [-0.39, 0.29) is 0 Å². The van der Waals surface area contributed by atoms with Gasteiger partial charge >= 0.3 is 0 Å². The Hall–Kier alpha value is -2.11. The minimum atomic E-state index is 0.753. The Morgan fingerprint density at radius 1 is 1.08 bits per heavy atom. The molecule has 0 bridgehead atoms. The highest BCUT2D eigenvalue weighted by molar-refractivity contribution is 7.80. The first-order valence-electron chi connectivity index (χ1n) is 8.61. The minimum Gasteiger partial charge on any atom is -0.497 e. The van der Waals surface area contributed by atoms with Crippen LogP contribution in [0.25, 0.3) is 0 Å². The first-order valence-corrected chi connectivity index (χ1v) is 9.02. The zero-order valence-electron chi connectivity index (χ0n) is 15.3. The van der Waals surface area contributed by atoms with Crippen molar-refractivity contribution < 1.29 is 9.64 Å². The molecule has 0 unspecified atom stereocenters. The second-order valence-corrected chi connectivity index (χ2v) is 6.76. The normalized spacial score (nSPS) is 10.6. The molecule has 25 heavy (non-hydrogen) atoms. The van der Waals surface area contributed by atoms with Crippen molar-refractivity contribution in [2.24, 2.45) is 0 Å². The van der Waals surface area contributed by atoms with Gasteiger partial charge < -0.3 is 19.9 Å². The highest BCUT2D eigenvalue weighted by Gasteiger charge is 2.11. The van der Waals surface area contributed by atoms with Crippen LogP contribution >= 0.6 is 12.2 Å². The molecule has 134 valence electrons. The number of nitrogens with one attached hydrogen (secondary N) is 2. The molecule has 0 saturated heterocycles. The number of methoxy groups -OCH3 is 1. The second-order valence-electron chi connectivity index (χ2n) is 6.38. The smallest absolute Gasteiger partial charge is 0.173 e. The molecular weight excluding hydrogens is 330 g/mol. The Balaban J connectivity index is 2.02. The fourth-order valence-electron chi connectivity index (χ4n) is 2.56. The summed E-state index contributed by atoms with van der Waals surface area (Å²) >= 11 is 5.67. The molecule has 0 spiro atoms. The molecule has 0 aromatic heterocycles. The van der Waals surface area contributed by atoms with Crippen molar-refractivity contribution in [3.05, 3.63) is 60.2 Å². The van der Waals surface area contributed by atoms with E-state index in [0.29, 0.717) is 0 Å². The molecule has 0 radical (unpaired) electrons. The lowest BCUT2D eigenvalue weighted by Gasteiger charge is -2.26. The van der Waals surface area contributed by atoms with Gasteiger partial charge in [0, 0.05) is 25.2 Å². The molecule has 0 aliphatic carbocycles. The maximum absolute atomic E-state index is 5.67. The van der Waals surface area contributed by atoms with Crippen LogP contribution in [-0.4, -0.2) is 44.3 Å². The number of hydrogen-bond acceptors (Lipinski definition) is 2. The number of thiocarbonyl (C=S) groups is 1. The molecule has 0 saturated carbocycles. The fraction of sp³-hybridized carbons (Fsp3) is 0.350. The number of hydrogen-bond donors (Lipinski definition) is 2. The summed E-state index contributed by atoms with van der Waals surface area (Å²) < 4.78 is 5.20. The average Bonchev–Trinajstić information content (AvgIpc) is 2.62. The zero-order valence-corrected chi connectivity index (χ0v) is 16.1. The SMILES string of the molecule is COc1ccc(NC(=S)N(CCC[NH+](C)C)Cc2ccccc2)cc1. The number of anilines is 1. The van der Waals surface area contributed by atoms with Gasteiger partial charge in [0.1, 0.15) is 5.75 Å². The summed E-state index contributed by atoms with van der Waals surface area (Å²) in [5.41, 5.74) is 2.24. The van der Waals surface area contributed by atoms with Gasteiger partial charge in [-0.1, -0.05) is 30.3 Å². The molecule has 2 rings (SSSR count). The molecule has 0 heterocycles. The molecule has 2 N–H and O–H groups in total. The zero-order chi connectivity index (χ0) is 18.1. The van der Waals surface area contributed by atoms with Crippen LogP contribution < -0.4 is 15.0 Å². The summed E-state index contributed by atoms with van der Waals surface area (Å²) in [5, 5.41) is 4.10. The Morgan fingerprint density at radius 2 is 1.76 bits per heavy atom. The number of nitrogens with zero attached hydrogens (tertiary/aromatic N) is 1. The maximum Gasteiger partial charge on any atom is 0.173 e. The molecular formula is C20H28N3OS+. The number of quaternary nitrogens is 1. The number of rotatable bonds is 8. The largest absolute Gasteiger partial charge is 0.497 e. The van der Waals surface area contributed by atoms with E-state index >= 15 is 0 Å². The predicted octanol–water partition coefficient (Wildman–Crippen LogP) is 2.43. The third-order valence-electron chi connectivity index (χ3n) is 3.95. The lowest BCUT2D eigenvalue weighted by atomic mass is 10.2. The van der Waals surface area contributed by atoms with Crippen LogP contribution in [0, 0.1) is 0 Å². The Labute approximate surface area is 156 Å². The minimum absolute atomic E-state index is 0.753. The highest BCUT2D eigenvalue weighted by atomic mass is 32.1. The Morgan fingerprint density at radius 3 is 2.36 bits per heavy atom. The van der Waals surface area contributed by atoms with Crippen LogP contribution in [0.3, 0.4) is 0 Å². The van der Waals surface area contributed by atoms with Crippen LogP contribution in [0.15, 0.2) is 54.6 Å². The van der Waals surface area contributed by atoms with Gasteiger partial charge in [0.05, 0.1) is 27.7 Å². The van der Waals surface area contributed by atoms with E-state index in [1.54, 1.807) is 7.11 Å². The van der Waals surface area contributed by atoms with E-state index in [4.69, 9.17) is 17.0 Å². The van der Waals surface area contributed by atoms with E-state index in [0.717, 1.165) is 42.6 Å². The van der Waals surface area contributed by atoms with E-state index in [9.17, 15) is 0 Å². The summed E-state index contributed by atoms with van der Waals surface area (Å²) in [6.45, 7) is 2.87. The molecule has 0 aliphatic heterocycles. The van der Waals surface area contributed by atoms with Gasteiger partial charge in [-0.3, -0.25) is 0 Å². The molecule has 2 aromatic rings. The van der Waals surface area contributed by atoms with Crippen molar-refractivity contribution in [3.63, 3.8) is 0 Å². The third-order valence-corrected chi connectivity index (χ3v) is 4.31. The Kier molecular flexibility index (Phi) is 7.70. The van der Waals surface area contributed by atoms with Crippen LogP contribution in [0.2, 0.25) is 0 Å². The standard InChI is InChI=1S/C20H27N3OS/c1-22(2)14-7-15-23(16-17-8-5-4-6-9-17)20(25)21-18-10-12-19(24-3)13-11-18/h4-6,8-13H,7,14-16H2,1-3H3,(H,21,25)/p+1. The third kappa shape index (κ3) is 6.72. The van der Waals surface area contributed by atoms with Crippen molar-refractivity contribution in [2.45, 2.75) is 13.0 Å². The summed E-state index contributed by atoms with van der Waals surface area (Å²) in [7, 11) is 6.02. The van der Waals surface area contributed by atoms with Gasteiger partial charge in [-0.2, -0.15) is 0 Å². The van der Waals surface area contributed by atoms with E-state index in [2.05, 4.69) is 48.6 Å². The number of ether oxygens (including phenoxy) is 1. The predicted molar refractivity (Wildman–Crippen MR) is 108 cm³/mol. The second kappa shape index (κ2) is 10.0. The molecule has 0 fully saturated rings. The lowest BCUT2D eigenvalue weighted by molar-refractivity contribution is -0.858. The van der Waals surface area contributed by atoms with Crippen LogP contribution in [0.4, 0.5) is 5.69 Å². The number of benzene rings is 2. The van der Waals surface area contributed by atoms with Gasteiger partial charge in [-0.15, -0.1) is 0 Å². The van der Waals surface area contributed by atoms with Crippen LogP contribution in [-0.2, 0) is 6.54 Å². The molecule has 4 nitrogen and oxygen atoms in total. The van der Waals surface area contributed by atoms with Gasteiger partial charge in [-0.05, 0) is 42.0 Å². The van der Waals surface area contributed by atoms with Gasteiger partial charge in [-0.25, -0.2) is 0 Å². The first-order chi connectivity index (χ1) is 12.1. The van der Waals surface area contributed by atoms with Crippen molar-refractivity contribution in [1.29, 1.82) is 0 Å². The van der Waals surface area contributed by atoms with Crippen molar-refractivity contribution >= 4 is 23.0 Å². The van der Waals surface area contributed by atoms with Crippen LogP contribution in [0.5, 0.6) is 5.75 Å². The maximum atomic E-state index is 5.67. The molecule has 0 amide bonds. The average molecular weight is 359 g/mol. The summed E-state index contributed by atoms with van der Waals surface area (Å²) in [4.78, 5) is 3.69. The van der Waals surface area contributed by atoms with E-state index < -0.39 is 0 Å². The van der Waals surface area contributed by atoms with E-state index in [1.165, 1.54) is 10.5 Å². The monoisotopic (exact) mass is 358 g/mol. The van der Waals surface area contributed by atoms with Gasteiger partial charge in [0.2, 0.25) is 0 Å². The first kappa shape index (κ1) is 19.2. The van der Waals surface area contributed by atoms with Crippen molar-refractivity contribution in [1.82, 2.24) is 4.90 Å².